The van der Waals surface area contributed by atoms with Crippen LogP contribution in [0.4, 0.5) is 0 Å². The Labute approximate surface area is 104 Å². The minimum atomic E-state index is -2.55. The van der Waals surface area contributed by atoms with Crippen molar-refractivity contribution in [2.24, 2.45) is 22.6 Å². The van der Waals surface area contributed by atoms with E-state index in [2.05, 4.69) is 0 Å². The maximum atomic E-state index is 11.9. The molecule has 0 spiro atoms. The molecule has 0 aromatic carbocycles. The zero-order valence-electron chi connectivity index (χ0n) is 10.2. The zero-order chi connectivity index (χ0) is 14.6. The summed E-state index contributed by atoms with van der Waals surface area (Å²) in [6.45, 7) is 0.480. The van der Waals surface area contributed by atoms with Gasteiger partial charge in [-0.25, -0.2) is 4.79 Å². The molecule has 0 aromatic heterocycles. The second-order valence-electron chi connectivity index (χ2n) is 4.16. The smallest absolute Gasteiger partial charge is 0.340 e. The van der Waals surface area contributed by atoms with Crippen LogP contribution in [0.3, 0.4) is 0 Å². The van der Waals surface area contributed by atoms with Crippen LogP contribution in [0.2, 0.25) is 0 Å². The number of hydrogen-bond acceptors (Lipinski definition) is 7. The van der Waals surface area contributed by atoms with E-state index in [1.54, 1.807) is 0 Å². The van der Waals surface area contributed by atoms with Crippen LogP contribution < -0.4 is 17.2 Å². The molecule has 0 aliphatic carbocycles. The van der Waals surface area contributed by atoms with Gasteiger partial charge in [-0.15, -0.1) is 0 Å². The van der Waals surface area contributed by atoms with Gasteiger partial charge in [0.05, 0.1) is 0 Å². The van der Waals surface area contributed by atoms with Crippen molar-refractivity contribution in [2.75, 3.05) is 13.2 Å². The van der Waals surface area contributed by atoms with Crippen LogP contribution in [0, 0.1) is 5.41 Å². The third-order valence-electron chi connectivity index (χ3n) is 3.01. The molecule has 0 amide bonds. The van der Waals surface area contributed by atoms with Crippen molar-refractivity contribution in [1.29, 1.82) is 0 Å². The third kappa shape index (κ3) is 2.72. The molecule has 8 heteroatoms. The Morgan fingerprint density at radius 1 is 1.11 bits per heavy atom. The fourth-order valence-corrected chi connectivity index (χ4v) is 1.56. The van der Waals surface area contributed by atoms with Gasteiger partial charge in [0.25, 0.3) is 0 Å². The van der Waals surface area contributed by atoms with Crippen molar-refractivity contribution in [3.8, 4) is 0 Å². The molecule has 104 valence electrons. The minimum absolute atomic E-state index is 0.0590. The summed E-state index contributed by atoms with van der Waals surface area (Å²) in [4.78, 5) is 34.9. The Kier molecular flexibility index (Phi) is 5.55. The SMILES string of the molecule is CC(C(=O)CCN)(C(=O)CCO)C(N)(N)C(=O)O. The maximum absolute atomic E-state index is 11.9. The summed E-state index contributed by atoms with van der Waals surface area (Å²) < 4.78 is 0. The molecule has 1 atom stereocenters. The fraction of sp³-hybridized carbons (Fsp3) is 0.700. The van der Waals surface area contributed by atoms with Gasteiger partial charge in [-0.05, 0) is 13.5 Å². The number of carboxylic acid groups (broad SMARTS) is 1. The molecule has 0 saturated carbocycles. The highest BCUT2D eigenvalue weighted by Gasteiger charge is 2.57. The third-order valence-corrected chi connectivity index (χ3v) is 3.01. The Balaban J connectivity index is 5.62. The quantitative estimate of drug-likeness (QED) is 0.237. The van der Waals surface area contributed by atoms with Crippen molar-refractivity contribution in [1.82, 2.24) is 0 Å². The Morgan fingerprint density at radius 3 is 1.89 bits per heavy atom. The number of aliphatic carboxylic acids is 1. The predicted octanol–water partition coefficient (Wildman–Crippen LogP) is -2.44. The second-order valence-corrected chi connectivity index (χ2v) is 4.16. The molecule has 18 heavy (non-hydrogen) atoms. The van der Waals surface area contributed by atoms with Crippen LogP contribution in [-0.4, -0.2) is 46.6 Å². The van der Waals surface area contributed by atoms with Crippen molar-refractivity contribution < 1.29 is 24.6 Å². The van der Waals surface area contributed by atoms with Gasteiger partial charge in [0.1, 0.15) is 5.41 Å². The van der Waals surface area contributed by atoms with Gasteiger partial charge >= 0.3 is 5.97 Å². The fourth-order valence-electron chi connectivity index (χ4n) is 1.56. The molecule has 0 aliphatic rings. The first-order valence-electron chi connectivity index (χ1n) is 5.34. The molecule has 8 N–H and O–H groups in total. The average Bonchev–Trinajstić information content (AvgIpc) is 2.27. The molecular formula is C10H19N3O5. The van der Waals surface area contributed by atoms with E-state index in [4.69, 9.17) is 27.4 Å². The molecule has 0 saturated heterocycles. The molecule has 8 nitrogen and oxygen atoms in total. The molecule has 0 aliphatic heterocycles. The lowest BCUT2D eigenvalue weighted by atomic mass is 9.69. The van der Waals surface area contributed by atoms with Crippen molar-refractivity contribution in [3.63, 3.8) is 0 Å². The van der Waals surface area contributed by atoms with E-state index < -0.39 is 41.6 Å². The molecule has 0 aromatic rings. The molecule has 1 unspecified atom stereocenters. The van der Waals surface area contributed by atoms with Crippen LogP contribution in [0.5, 0.6) is 0 Å². The highest BCUT2D eigenvalue weighted by Crippen LogP contribution is 2.31. The Hall–Kier alpha value is -1.35. The average molecular weight is 261 g/mol. The first-order chi connectivity index (χ1) is 8.16. The van der Waals surface area contributed by atoms with Gasteiger partial charge in [0.2, 0.25) is 0 Å². The molecule has 0 heterocycles. The van der Waals surface area contributed by atoms with Crippen molar-refractivity contribution in [3.05, 3.63) is 0 Å². The van der Waals surface area contributed by atoms with Crippen LogP contribution in [-0.2, 0) is 14.4 Å². The summed E-state index contributed by atoms with van der Waals surface area (Å²) >= 11 is 0. The van der Waals surface area contributed by atoms with Gasteiger partial charge in [0, 0.05) is 19.4 Å². The molecule has 0 bridgehead atoms. The summed E-state index contributed by atoms with van der Waals surface area (Å²) in [5, 5.41) is 17.7. The van der Waals surface area contributed by atoms with E-state index in [1.807, 2.05) is 0 Å². The first kappa shape index (κ1) is 16.6. The summed E-state index contributed by atoms with van der Waals surface area (Å²) in [7, 11) is 0. The van der Waals surface area contributed by atoms with Crippen molar-refractivity contribution in [2.45, 2.75) is 25.4 Å². The number of carbonyl (C=O) groups is 3. The number of carbonyl (C=O) groups excluding carboxylic acids is 2. The number of hydrogen-bond donors (Lipinski definition) is 5. The van der Waals surface area contributed by atoms with E-state index in [1.165, 1.54) is 0 Å². The minimum Gasteiger partial charge on any atom is -0.479 e. The predicted molar refractivity (Wildman–Crippen MR) is 62.2 cm³/mol. The van der Waals surface area contributed by atoms with E-state index in [0.29, 0.717) is 0 Å². The first-order valence-corrected chi connectivity index (χ1v) is 5.34. The number of aliphatic hydroxyl groups is 1. The summed E-state index contributed by atoms with van der Waals surface area (Å²) in [6.07, 6.45) is -0.632. The van der Waals surface area contributed by atoms with Gasteiger partial charge < -0.3 is 27.4 Å². The number of carboxylic acids is 1. The second kappa shape index (κ2) is 6.01. The highest BCUT2D eigenvalue weighted by molar-refractivity contribution is 6.11. The summed E-state index contributed by atoms with van der Waals surface area (Å²) in [5.41, 5.74) is 11.4. The van der Waals surface area contributed by atoms with Gasteiger partial charge in [-0.2, -0.15) is 0 Å². The van der Waals surface area contributed by atoms with Crippen LogP contribution in [0.15, 0.2) is 0 Å². The maximum Gasteiger partial charge on any atom is 0.340 e. The van der Waals surface area contributed by atoms with Crippen LogP contribution in [0.25, 0.3) is 0 Å². The standard InChI is InChI=1S/C10H19N3O5/c1-9(6(15)2-4-11,7(16)3-5-14)10(12,13)8(17)18/h14H,2-5,11-13H2,1H3,(H,17,18). The number of nitrogens with two attached hydrogens (primary N) is 3. The van der Waals surface area contributed by atoms with E-state index >= 15 is 0 Å². The lowest BCUT2D eigenvalue weighted by Crippen LogP contribution is -2.72. The number of ketones is 2. The van der Waals surface area contributed by atoms with Gasteiger partial charge in [0.15, 0.2) is 17.2 Å². The topological polar surface area (TPSA) is 170 Å². The number of rotatable bonds is 8. The number of Topliss-reactive ketones (excluding diaryl/α,β-unsaturated/α-hetero) is 2. The largest absolute Gasteiger partial charge is 0.479 e. The van der Waals surface area contributed by atoms with Crippen molar-refractivity contribution >= 4 is 17.5 Å². The normalized spacial score (nSPS) is 14.9. The van der Waals surface area contributed by atoms with Crippen LogP contribution >= 0.6 is 0 Å². The summed E-state index contributed by atoms with van der Waals surface area (Å²) in [6, 6.07) is 0. The van der Waals surface area contributed by atoms with Gasteiger partial charge in [-0.1, -0.05) is 0 Å². The van der Waals surface area contributed by atoms with E-state index in [-0.39, 0.29) is 13.0 Å². The lowest BCUT2D eigenvalue weighted by molar-refractivity contribution is -0.159. The lowest BCUT2D eigenvalue weighted by Gasteiger charge is -2.37. The van der Waals surface area contributed by atoms with Gasteiger partial charge in [-0.3, -0.25) is 9.59 Å². The summed E-state index contributed by atoms with van der Waals surface area (Å²) in [5.74, 6) is -3.26. The van der Waals surface area contributed by atoms with E-state index in [0.717, 1.165) is 6.92 Å². The van der Waals surface area contributed by atoms with E-state index in [9.17, 15) is 14.4 Å². The molecular weight excluding hydrogens is 242 g/mol. The molecule has 0 fully saturated rings. The number of aliphatic hydroxyl groups excluding tert-OH is 1. The zero-order valence-corrected chi connectivity index (χ0v) is 10.2. The van der Waals surface area contributed by atoms with Crippen LogP contribution in [0.1, 0.15) is 19.8 Å². The molecule has 0 rings (SSSR count). The highest BCUT2D eigenvalue weighted by atomic mass is 16.4. The monoisotopic (exact) mass is 261 g/mol. The molecule has 0 radical (unpaired) electrons. The Bertz CT molecular complexity index is 335. The Morgan fingerprint density at radius 2 is 1.56 bits per heavy atom.